The average molecular weight is 550 g/mol. The van der Waals surface area contributed by atoms with Crippen LogP contribution in [0, 0.1) is 11.3 Å². The summed E-state index contributed by atoms with van der Waals surface area (Å²) in [4.78, 5) is 29.1. The van der Waals surface area contributed by atoms with Crippen molar-refractivity contribution in [3.63, 3.8) is 0 Å². The number of rotatable bonds is 6. The van der Waals surface area contributed by atoms with Crippen molar-refractivity contribution < 1.29 is 9.53 Å². The van der Waals surface area contributed by atoms with Crippen LogP contribution in [-0.2, 0) is 4.79 Å². The van der Waals surface area contributed by atoms with E-state index >= 15 is 0 Å². The molecule has 0 radical (unpaired) electrons. The van der Waals surface area contributed by atoms with E-state index in [9.17, 15) is 4.79 Å². The molecule has 1 spiro atoms. The van der Waals surface area contributed by atoms with E-state index in [4.69, 9.17) is 9.72 Å². The number of benzene rings is 1. The number of nitrogens with zero attached hydrogens (tertiary/aromatic N) is 5. The number of fused-ring (bicyclic) bond motifs is 2. The smallest absolute Gasteiger partial charge is 0.225 e. The van der Waals surface area contributed by atoms with Crippen LogP contribution in [0.4, 0.5) is 5.82 Å². The number of aromatic amines is 2. The molecule has 5 aromatic rings. The molecule has 2 saturated heterocycles. The van der Waals surface area contributed by atoms with Gasteiger partial charge in [-0.1, -0.05) is 13.8 Å². The van der Waals surface area contributed by atoms with Crippen LogP contribution < -0.4 is 9.64 Å². The molecule has 9 heteroatoms. The van der Waals surface area contributed by atoms with Crippen LogP contribution in [-0.4, -0.2) is 62.1 Å². The highest BCUT2D eigenvalue weighted by atomic mass is 16.5. The van der Waals surface area contributed by atoms with Crippen LogP contribution >= 0.6 is 0 Å². The first-order valence-corrected chi connectivity index (χ1v) is 14.5. The molecule has 2 N–H and O–H groups in total. The summed E-state index contributed by atoms with van der Waals surface area (Å²) in [6, 6.07) is 14.3. The van der Waals surface area contributed by atoms with Crippen LogP contribution in [0.5, 0.6) is 5.75 Å². The van der Waals surface area contributed by atoms with E-state index < -0.39 is 0 Å². The van der Waals surface area contributed by atoms with E-state index in [0.717, 1.165) is 89.3 Å². The molecule has 0 bridgehead atoms. The van der Waals surface area contributed by atoms with Gasteiger partial charge in [0.25, 0.3) is 0 Å². The molecule has 4 aromatic heterocycles. The molecular weight excluding hydrogens is 514 g/mol. The molecule has 0 saturated carbocycles. The number of likely N-dealkylation sites (tertiary alicyclic amines) is 1. The molecule has 2 aliphatic rings. The molecule has 1 amide bonds. The number of carbonyl (C=O) groups excluding carboxylic acids is 1. The Bertz CT molecular complexity index is 1710. The summed E-state index contributed by atoms with van der Waals surface area (Å²) in [5.74, 6) is 2.12. The minimum Gasteiger partial charge on any atom is -0.486 e. The quantitative estimate of drug-likeness (QED) is 0.281. The number of ether oxygens (including phenoxy) is 1. The lowest BCUT2D eigenvalue weighted by Gasteiger charge is -2.54. The standard InChI is InChI=1S/C32H35N7O2/c1-20(2)31(40)38-14-10-32(11-15-38)18-39(19-32)28-7-4-22(17-35-28)29-26-16-23(5-6-27(26)36-37-29)41-21(3)24-8-12-33-30-25(24)9-13-34-30/h4-9,12-13,16-17,20-21H,10-11,14-15,18-19H2,1-3H3,(H,33,34)(H,36,37)/t21-/m1/s1. The molecule has 0 unspecified atom stereocenters. The predicted molar refractivity (Wildman–Crippen MR) is 160 cm³/mol. The molecule has 0 aliphatic carbocycles. The van der Waals surface area contributed by atoms with Crippen molar-refractivity contribution >= 4 is 33.7 Å². The van der Waals surface area contributed by atoms with Gasteiger partial charge in [-0.05, 0) is 62.2 Å². The van der Waals surface area contributed by atoms with Gasteiger partial charge >= 0.3 is 0 Å². The second-order valence-electron chi connectivity index (χ2n) is 11.9. The van der Waals surface area contributed by atoms with E-state index in [1.165, 1.54) is 0 Å². The summed E-state index contributed by atoms with van der Waals surface area (Å²) < 4.78 is 6.38. The highest BCUT2D eigenvalue weighted by Gasteiger charge is 2.46. The maximum absolute atomic E-state index is 12.4. The van der Waals surface area contributed by atoms with Crippen LogP contribution in [0.2, 0.25) is 0 Å². The number of piperidine rings is 1. The highest BCUT2D eigenvalue weighted by Crippen LogP contribution is 2.42. The number of amides is 1. The highest BCUT2D eigenvalue weighted by molar-refractivity contribution is 5.93. The summed E-state index contributed by atoms with van der Waals surface area (Å²) in [7, 11) is 0. The molecule has 2 aliphatic heterocycles. The lowest BCUT2D eigenvalue weighted by molar-refractivity contribution is -0.137. The lowest BCUT2D eigenvalue weighted by atomic mass is 9.72. The molecule has 7 rings (SSSR count). The summed E-state index contributed by atoms with van der Waals surface area (Å²) in [5, 5.41) is 9.82. The maximum atomic E-state index is 12.4. The number of aromatic nitrogens is 5. The van der Waals surface area contributed by atoms with Crippen molar-refractivity contribution in [2.45, 2.75) is 39.7 Å². The SMILES string of the molecule is CC(C)C(=O)N1CCC2(CC1)CN(c1ccc(-c3n[nH]c4ccc(O[C@H](C)c5ccnc6[nH]ccc56)cc34)cn1)C2. The van der Waals surface area contributed by atoms with Crippen LogP contribution in [0.25, 0.3) is 33.2 Å². The fourth-order valence-corrected chi connectivity index (χ4v) is 6.41. The average Bonchev–Trinajstić information content (AvgIpc) is 3.63. The van der Waals surface area contributed by atoms with Gasteiger partial charge in [-0.25, -0.2) is 9.97 Å². The number of nitrogens with one attached hydrogen (secondary N) is 2. The van der Waals surface area contributed by atoms with Crippen molar-refractivity contribution in [1.29, 1.82) is 0 Å². The van der Waals surface area contributed by atoms with E-state index in [1.54, 1.807) is 6.20 Å². The Kier molecular flexibility index (Phi) is 6.17. The van der Waals surface area contributed by atoms with Crippen LogP contribution in [0.15, 0.2) is 61.1 Å². The van der Waals surface area contributed by atoms with Crippen molar-refractivity contribution in [2.24, 2.45) is 11.3 Å². The number of pyridine rings is 2. The minimum atomic E-state index is -0.146. The number of H-pyrrole nitrogens is 2. The van der Waals surface area contributed by atoms with Gasteiger partial charge in [0.1, 0.15) is 29.0 Å². The molecule has 41 heavy (non-hydrogen) atoms. The Morgan fingerprint density at radius 3 is 2.59 bits per heavy atom. The molecular formula is C32H35N7O2. The van der Waals surface area contributed by atoms with Gasteiger partial charge in [-0.15, -0.1) is 0 Å². The largest absolute Gasteiger partial charge is 0.486 e. The van der Waals surface area contributed by atoms with Gasteiger partial charge < -0.3 is 19.5 Å². The summed E-state index contributed by atoms with van der Waals surface area (Å²) in [6.07, 6.45) is 7.61. The van der Waals surface area contributed by atoms with Gasteiger partial charge in [0, 0.05) is 78.0 Å². The zero-order valence-corrected chi connectivity index (χ0v) is 23.7. The molecule has 1 aromatic carbocycles. The van der Waals surface area contributed by atoms with Gasteiger partial charge in [0.05, 0.1) is 5.52 Å². The molecule has 9 nitrogen and oxygen atoms in total. The first kappa shape index (κ1) is 25.6. The van der Waals surface area contributed by atoms with Crippen LogP contribution in [0.1, 0.15) is 45.3 Å². The number of hydrogen-bond acceptors (Lipinski definition) is 6. The van der Waals surface area contributed by atoms with Crippen molar-refractivity contribution in [3.05, 3.63) is 66.6 Å². The van der Waals surface area contributed by atoms with Crippen LogP contribution in [0.3, 0.4) is 0 Å². The maximum Gasteiger partial charge on any atom is 0.225 e. The molecule has 6 heterocycles. The Morgan fingerprint density at radius 1 is 1.00 bits per heavy atom. The van der Waals surface area contributed by atoms with E-state index in [0.29, 0.717) is 5.41 Å². The van der Waals surface area contributed by atoms with E-state index in [1.807, 2.05) is 61.5 Å². The van der Waals surface area contributed by atoms with Gasteiger partial charge in [0.15, 0.2) is 0 Å². The number of carbonyl (C=O) groups is 1. The Morgan fingerprint density at radius 2 is 1.83 bits per heavy atom. The minimum absolute atomic E-state index is 0.0713. The zero-order valence-electron chi connectivity index (χ0n) is 23.7. The number of hydrogen-bond donors (Lipinski definition) is 2. The van der Waals surface area contributed by atoms with Gasteiger partial charge in [-0.2, -0.15) is 5.10 Å². The first-order chi connectivity index (χ1) is 19.9. The topological polar surface area (TPSA) is 103 Å². The van der Waals surface area contributed by atoms with Crippen molar-refractivity contribution in [1.82, 2.24) is 30.0 Å². The zero-order chi connectivity index (χ0) is 28.1. The van der Waals surface area contributed by atoms with Gasteiger partial charge in [-0.3, -0.25) is 9.89 Å². The summed E-state index contributed by atoms with van der Waals surface area (Å²) >= 11 is 0. The Balaban J connectivity index is 1.04. The van der Waals surface area contributed by atoms with E-state index in [2.05, 4.69) is 44.1 Å². The Labute approximate surface area is 238 Å². The Hall–Kier alpha value is -4.40. The van der Waals surface area contributed by atoms with E-state index in [-0.39, 0.29) is 17.9 Å². The third-order valence-corrected chi connectivity index (χ3v) is 8.81. The second-order valence-corrected chi connectivity index (χ2v) is 11.9. The monoisotopic (exact) mass is 549 g/mol. The fraction of sp³-hybridized carbons (Fsp3) is 0.375. The summed E-state index contributed by atoms with van der Waals surface area (Å²) in [6.45, 7) is 9.76. The number of anilines is 1. The third kappa shape index (κ3) is 4.59. The van der Waals surface area contributed by atoms with Crippen molar-refractivity contribution in [3.8, 4) is 17.0 Å². The van der Waals surface area contributed by atoms with Crippen molar-refractivity contribution in [2.75, 3.05) is 31.1 Å². The molecule has 210 valence electrons. The fourth-order valence-electron chi connectivity index (χ4n) is 6.41. The second kappa shape index (κ2) is 9.90. The lowest BCUT2D eigenvalue weighted by Crippen LogP contribution is -2.61. The third-order valence-electron chi connectivity index (χ3n) is 8.81. The first-order valence-electron chi connectivity index (χ1n) is 14.5. The molecule has 1 atom stereocenters. The normalized spacial score (nSPS) is 17.4. The van der Waals surface area contributed by atoms with Gasteiger partial charge in [0.2, 0.25) is 5.91 Å². The summed E-state index contributed by atoms with van der Waals surface area (Å²) in [5.41, 5.74) is 5.03. The predicted octanol–water partition coefficient (Wildman–Crippen LogP) is 5.73. The molecule has 2 fully saturated rings.